The average molecular weight is 339 g/mol. The van der Waals surface area contributed by atoms with Crippen LogP contribution >= 0.6 is 15.9 Å². The van der Waals surface area contributed by atoms with Gasteiger partial charge >= 0.3 is 0 Å². The van der Waals surface area contributed by atoms with Gasteiger partial charge in [0.15, 0.2) is 0 Å². The first kappa shape index (κ1) is 15.0. The van der Waals surface area contributed by atoms with E-state index in [-0.39, 0.29) is 18.4 Å². The van der Waals surface area contributed by atoms with Crippen LogP contribution in [0.1, 0.15) is 30.9 Å². The van der Waals surface area contributed by atoms with E-state index in [2.05, 4.69) is 21.2 Å². The Kier molecular flexibility index (Phi) is 4.48. The largest absolute Gasteiger partial charge is 0.343 e. The van der Waals surface area contributed by atoms with Crippen molar-refractivity contribution >= 4 is 33.4 Å². The topological polar surface area (TPSA) is 49.4 Å². The first-order chi connectivity index (χ1) is 9.43. The molecule has 20 heavy (non-hydrogen) atoms. The van der Waals surface area contributed by atoms with E-state index < -0.39 is 6.04 Å². The van der Waals surface area contributed by atoms with Gasteiger partial charge in [0.05, 0.1) is 0 Å². The van der Waals surface area contributed by atoms with Crippen molar-refractivity contribution < 1.29 is 9.59 Å². The number of anilines is 1. The Morgan fingerprint density at radius 2 is 1.90 bits per heavy atom. The van der Waals surface area contributed by atoms with Gasteiger partial charge in [-0.1, -0.05) is 29.3 Å². The highest BCUT2D eigenvalue weighted by molar-refractivity contribution is 9.10. The number of amides is 2. The van der Waals surface area contributed by atoms with Gasteiger partial charge in [0.2, 0.25) is 11.8 Å². The van der Waals surface area contributed by atoms with Crippen LogP contribution in [0.15, 0.2) is 16.6 Å². The maximum atomic E-state index is 12.5. The number of benzene rings is 1. The predicted molar refractivity (Wildman–Crippen MR) is 82.8 cm³/mol. The molecule has 108 valence electrons. The highest BCUT2D eigenvalue weighted by atomic mass is 79.9. The van der Waals surface area contributed by atoms with Crippen LogP contribution < -0.4 is 10.2 Å². The van der Waals surface area contributed by atoms with Crippen LogP contribution in [-0.4, -0.2) is 24.4 Å². The minimum atomic E-state index is -0.398. The standard InChI is InChI=1S/C15H19BrN2O2/c1-4-5-12-15(20)18(8-13(19)17-12)11-6-9(2)14(16)10(3)7-11/h6-7,12H,4-5,8H2,1-3H3,(H,17,19). The lowest BCUT2D eigenvalue weighted by atomic mass is 10.1. The van der Waals surface area contributed by atoms with Crippen LogP contribution in [0.25, 0.3) is 0 Å². The van der Waals surface area contributed by atoms with Gasteiger partial charge < -0.3 is 10.2 Å². The van der Waals surface area contributed by atoms with Gasteiger partial charge in [0.1, 0.15) is 12.6 Å². The summed E-state index contributed by atoms with van der Waals surface area (Å²) in [7, 11) is 0. The van der Waals surface area contributed by atoms with E-state index in [4.69, 9.17) is 0 Å². The summed E-state index contributed by atoms with van der Waals surface area (Å²) in [6.45, 7) is 6.07. The van der Waals surface area contributed by atoms with Gasteiger partial charge in [-0.3, -0.25) is 9.59 Å². The van der Waals surface area contributed by atoms with E-state index in [9.17, 15) is 9.59 Å². The van der Waals surface area contributed by atoms with Crippen molar-refractivity contribution in [3.8, 4) is 0 Å². The van der Waals surface area contributed by atoms with Crippen LogP contribution in [0, 0.1) is 13.8 Å². The molecule has 0 radical (unpaired) electrons. The fourth-order valence-corrected chi connectivity index (χ4v) is 2.72. The van der Waals surface area contributed by atoms with E-state index in [1.54, 1.807) is 4.90 Å². The Morgan fingerprint density at radius 3 is 2.45 bits per heavy atom. The molecule has 2 rings (SSSR count). The van der Waals surface area contributed by atoms with Gasteiger partial charge in [0.25, 0.3) is 0 Å². The Labute approximate surface area is 127 Å². The number of carbonyl (C=O) groups is 2. The summed E-state index contributed by atoms with van der Waals surface area (Å²) in [6.07, 6.45) is 1.54. The van der Waals surface area contributed by atoms with Crippen LogP contribution in [0.3, 0.4) is 0 Å². The molecule has 0 spiro atoms. The average Bonchev–Trinajstić information content (AvgIpc) is 2.39. The number of carbonyl (C=O) groups excluding carboxylic acids is 2. The smallest absolute Gasteiger partial charge is 0.250 e. The summed E-state index contributed by atoms with van der Waals surface area (Å²) in [6, 6.07) is 3.48. The van der Waals surface area contributed by atoms with Crippen LogP contribution in [0.4, 0.5) is 5.69 Å². The summed E-state index contributed by atoms with van der Waals surface area (Å²) in [5.41, 5.74) is 2.92. The number of rotatable bonds is 3. The molecule has 0 aromatic heterocycles. The lowest BCUT2D eigenvalue weighted by Crippen LogP contribution is -2.58. The number of aryl methyl sites for hydroxylation is 2. The summed E-state index contributed by atoms with van der Waals surface area (Å²) < 4.78 is 1.04. The molecule has 1 aromatic carbocycles. The van der Waals surface area contributed by atoms with Crippen molar-refractivity contribution in [2.75, 3.05) is 11.4 Å². The second kappa shape index (κ2) is 5.95. The fourth-order valence-electron chi connectivity index (χ4n) is 2.49. The molecule has 1 saturated heterocycles. The van der Waals surface area contributed by atoms with Crippen molar-refractivity contribution in [1.29, 1.82) is 0 Å². The van der Waals surface area contributed by atoms with Crippen LogP contribution in [-0.2, 0) is 9.59 Å². The molecule has 1 aliphatic heterocycles. The molecule has 0 aliphatic carbocycles. The van der Waals surface area contributed by atoms with Gasteiger partial charge in [-0.25, -0.2) is 0 Å². The highest BCUT2D eigenvalue weighted by Crippen LogP contribution is 2.28. The highest BCUT2D eigenvalue weighted by Gasteiger charge is 2.33. The van der Waals surface area contributed by atoms with Gasteiger partial charge in [-0.2, -0.15) is 0 Å². The van der Waals surface area contributed by atoms with Crippen molar-refractivity contribution in [3.05, 3.63) is 27.7 Å². The van der Waals surface area contributed by atoms with Crippen molar-refractivity contribution in [3.63, 3.8) is 0 Å². The zero-order chi connectivity index (χ0) is 14.9. The van der Waals surface area contributed by atoms with E-state index in [1.165, 1.54) is 0 Å². The van der Waals surface area contributed by atoms with Gasteiger partial charge in [-0.15, -0.1) is 0 Å². The summed E-state index contributed by atoms with van der Waals surface area (Å²) in [5.74, 6) is -0.117. The number of halogens is 1. The molecule has 1 atom stereocenters. The summed E-state index contributed by atoms with van der Waals surface area (Å²) >= 11 is 3.52. The molecule has 1 heterocycles. The molecule has 5 heteroatoms. The Hall–Kier alpha value is -1.36. The third-order valence-corrected chi connectivity index (χ3v) is 4.76. The van der Waals surface area contributed by atoms with Crippen molar-refractivity contribution in [2.24, 2.45) is 0 Å². The quantitative estimate of drug-likeness (QED) is 0.921. The van der Waals surface area contributed by atoms with Crippen molar-refractivity contribution in [1.82, 2.24) is 5.32 Å². The second-order valence-electron chi connectivity index (χ2n) is 5.23. The Morgan fingerprint density at radius 1 is 1.30 bits per heavy atom. The molecular weight excluding hydrogens is 320 g/mol. The maximum Gasteiger partial charge on any atom is 0.250 e. The number of nitrogens with zero attached hydrogens (tertiary/aromatic N) is 1. The first-order valence-corrected chi connectivity index (χ1v) is 7.60. The third kappa shape index (κ3) is 2.87. The Balaban J connectivity index is 2.35. The molecule has 1 N–H and O–H groups in total. The zero-order valence-electron chi connectivity index (χ0n) is 12.0. The van der Waals surface area contributed by atoms with Gasteiger partial charge in [-0.05, 0) is 43.5 Å². The molecule has 1 aliphatic rings. The normalized spacial score (nSPS) is 19.2. The molecule has 4 nitrogen and oxygen atoms in total. The summed E-state index contributed by atoms with van der Waals surface area (Å²) in [5, 5.41) is 2.77. The zero-order valence-corrected chi connectivity index (χ0v) is 13.6. The van der Waals surface area contributed by atoms with Crippen LogP contribution in [0.5, 0.6) is 0 Å². The minimum Gasteiger partial charge on any atom is -0.343 e. The molecule has 1 aromatic rings. The molecule has 1 fully saturated rings. The van der Waals surface area contributed by atoms with Crippen LogP contribution in [0.2, 0.25) is 0 Å². The maximum absolute atomic E-state index is 12.5. The monoisotopic (exact) mass is 338 g/mol. The SMILES string of the molecule is CCCC1NC(=O)CN(c2cc(C)c(Br)c(C)c2)C1=O. The molecule has 2 amide bonds. The Bertz CT molecular complexity index is 534. The van der Waals surface area contributed by atoms with E-state index in [0.29, 0.717) is 6.42 Å². The van der Waals surface area contributed by atoms with E-state index in [0.717, 1.165) is 27.7 Å². The molecule has 1 unspecified atom stereocenters. The minimum absolute atomic E-state index is 0.0208. The number of hydrogen-bond donors (Lipinski definition) is 1. The lowest BCUT2D eigenvalue weighted by Gasteiger charge is -2.33. The molecule has 0 bridgehead atoms. The predicted octanol–water partition coefficient (Wildman–Crippen LogP) is 2.70. The number of piperazine rings is 1. The molecule has 0 saturated carbocycles. The molecular formula is C15H19BrN2O2. The van der Waals surface area contributed by atoms with E-state index in [1.807, 2.05) is 32.9 Å². The lowest BCUT2D eigenvalue weighted by molar-refractivity contribution is -0.131. The second-order valence-corrected chi connectivity index (χ2v) is 6.02. The summed E-state index contributed by atoms with van der Waals surface area (Å²) in [4.78, 5) is 25.9. The third-order valence-electron chi connectivity index (χ3n) is 3.51. The number of nitrogens with one attached hydrogen (secondary N) is 1. The first-order valence-electron chi connectivity index (χ1n) is 6.81. The number of hydrogen-bond acceptors (Lipinski definition) is 2. The van der Waals surface area contributed by atoms with E-state index >= 15 is 0 Å². The van der Waals surface area contributed by atoms with Gasteiger partial charge in [0, 0.05) is 10.2 Å². The van der Waals surface area contributed by atoms with Crippen molar-refractivity contribution in [2.45, 2.75) is 39.7 Å². The fraction of sp³-hybridized carbons (Fsp3) is 0.467.